The van der Waals surface area contributed by atoms with E-state index in [1.165, 1.54) is 0 Å². The van der Waals surface area contributed by atoms with Crippen LogP contribution in [-0.2, 0) is 11.2 Å². The number of hydrogen-bond acceptors (Lipinski definition) is 4. The molecule has 2 rings (SSSR count). The largest absolute Gasteiger partial charge is 0.482 e. The van der Waals surface area contributed by atoms with Gasteiger partial charge in [0, 0.05) is 31.2 Å². The Hall–Kier alpha value is -1.62. The highest BCUT2D eigenvalue weighted by molar-refractivity contribution is 5.78. The first-order valence-electron chi connectivity index (χ1n) is 7.72. The van der Waals surface area contributed by atoms with Gasteiger partial charge in [0.1, 0.15) is 5.75 Å². The van der Waals surface area contributed by atoms with Gasteiger partial charge in [-0.1, -0.05) is 6.92 Å². The number of rotatable bonds is 6. The van der Waals surface area contributed by atoms with Crippen LogP contribution in [0.3, 0.4) is 0 Å². The molecule has 0 aromatic carbocycles. The van der Waals surface area contributed by atoms with Gasteiger partial charge in [0.15, 0.2) is 6.61 Å². The topological polar surface area (TPSA) is 68.5 Å². The van der Waals surface area contributed by atoms with Gasteiger partial charge in [0.25, 0.3) is 5.91 Å². The number of pyridine rings is 1. The van der Waals surface area contributed by atoms with Crippen LogP contribution in [0.4, 0.5) is 0 Å². The van der Waals surface area contributed by atoms with Crippen LogP contribution in [0.25, 0.3) is 0 Å². The molecule has 5 heteroatoms. The summed E-state index contributed by atoms with van der Waals surface area (Å²) in [6, 6.07) is 3.85. The molecule has 0 aliphatic carbocycles. The molecule has 1 aromatic heterocycles. The molecule has 1 aliphatic heterocycles. The molecular formula is C16H25N3O2. The minimum Gasteiger partial charge on any atom is -0.482 e. The average molecular weight is 291 g/mol. The monoisotopic (exact) mass is 291 g/mol. The summed E-state index contributed by atoms with van der Waals surface area (Å²) in [6.07, 6.45) is 3.75. The Morgan fingerprint density at radius 1 is 1.43 bits per heavy atom. The van der Waals surface area contributed by atoms with Gasteiger partial charge in [0.2, 0.25) is 0 Å². The molecule has 2 N–H and O–H groups in total. The van der Waals surface area contributed by atoms with E-state index in [1.54, 1.807) is 0 Å². The first-order chi connectivity index (χ1) is 10.1. The zero-order valence-corrected chi connectivity index (χ0v) is 13.0. The van der Waals surface area contributed by atoms with E-state index in [4.69, 9.17) is 10.5 Å². The third-order valence-corrected chi connectivity index (χ3v) is 3.86. The lowest BCUT2D eigenvalue weighted by atomic mass is 10.1. The van der Waals surface area contributed by atoms with E-state index in [0.717, 1.165) is 43.7 Å². The van der Waals surface area contributed by atoms with Gasteiger partial charge in [-0.2, -0.15) is 0 Å². The summed E-state index contributed by atoms with van der Waals surface area (Å²) in [4.78, 5) is 18.4. The van der Waals surface area contributed by atoms with Crippen molar-refractivity contribution in [2.45, 2.75) is 45.6 Å². The molecule has 0 bridgehead atoms. The summed E-state index contributed by atoms with van der Waals surface area (Å²) in [6.45, 7) is 5.78. The standard InChI is InChI=1S/C16H25N3O2/c1-3-13(17)10-14-15(7-6-12(2)18-14)21-11-16(20)19-8-4-5-9-19/h6-7,13H,3-5,8-11,17H2,1-2H3. The number of carbonyl (C=O) groups excluding carboxylic acids is 1. The molecule has 21 heavy (non-hydrogen) atoms. The molecule has 1 fully saturated rings. The van der Waals surface area contributed by atoms with Crippen molar-refractivity contribution in [3.8, 4) is 5.75 Å². The smallest absolute Gasteiger partial charge is 0.260 e. The van der Waals surface area contributed by atoms with Crippen molar-refractivity contribution < 1.29 is 9.53 Å². The van der Waals surface area contributed by atoms with Crippen molar-refractivity contribution in [1.29, 1.82) is 0 Å². The third-order valence-electron chi connectivity index (χ3n) is 3.86. The Balaban J connectivity index is 1.99. The number of likely N-dealkylation sites (tertiary alicyclic amines) is 1. The van der Waals surface area contributed by atoms with E-state index in [0.29, 0.717) is 12.2 Å². The molecule has 1 saturated heterocycles. The van der Waals surface area contributed by atoms with Crippen LogP contribution in [0.15, 0.2) is 12.1 Å². The maximum atomic E-state index is 12.0. The minimum absolute atomic E-state index is 0.0545. The van der Waals surface area contributed by atoms with Crippen molar-refractivity contribution in [3.63, 3.8) is 0 Å². The zero-order valence-electron chi connectivity index (χ0n) is 13.0. The summed E-state index contributed by atoms with van der Waals surface area (Å²) >= 11 is 0. The lowest BCUT2D eigenvalue weighted by Gasteiger charge is -2.17. The lowest BCUT2D eigenvalue weighted by molar-refractivity contribution is -0.132. The summed E-state index contributed by atoms with van der Waals surface area (Å²) in [5, 5.41) is 0. The Bertz CT molecular complexity index is 484. The molecule has 5 nitrogen and oxygen atoms in total. The molecule has 1 unspecified atom stereocenters. The lowest BCUT2D eigenvalue weighted by Crippen LogP contribution is -2.32. The number of aromatic nitrogens is 1. The van der Waals surface area contributed by atoms with Crippen LogP contribution in [0.2, 0.25) is 0 Å². The zero-order chi connectivity index (χ0) is 15.2. The van der Waals surface area contributed by atoms with Crippen molar-refractivity contribution >= 4 is 5.91 Å². The molecular weight excluding hydrogens is 266 g/mol. The Morgan fingerprint density at radius 3 is 2.81 bits per heavy atom. The predicted octanol–water partition coefficient (Wildman–Crippen LogP) is 1.67. The predicted molar refractivity (Wildman–Crippen MR) is 82.3 cm³/mol. The van der Waals surface area contributed by atoms with E-state index >= 15 is 0 Å². The van der Waals surface area contributed by atoms with Gasteiger partial charge in [-0.3, -0.25) is 9.78 Å². The van der Waals surface area contributed by atoms with Crippen LogP contribution < -0.4 is 10.5 Å². The third kappa shape index (κ3) is 4.43. The molecule has 0 spiro atoms. The summed E-state index contributed by atoms with van der Waals surface area (Å²) in [5.74, 6) is 0.732. The van der Waals surface area contributed by atoms with Gasteiger partial charge in [-0.25, -0.2) is 0 Å². The number of carbonyl (C=O) groups is 1. The first kappa shape index (κ1) is 15.8. The molecule has 116 valence electrons. The highest BCUT2D eigenvalue weighted by atomic mass is 16.5. The molecule has 1 amide bonds. The number of amides is 1. The van der Waals surface area contributed by atoms with Crippen LogP contribution in [0, 0.1) is 6.92 Å². The number of hydrogen-bond donors (Lipinski definition) is 1. The van der Waals surface area contributed by atoms with E-state index < -0.39 is 0 Å². The number of ether oxygens (including phenoxy) is 1. The van der Waals surface area contributed by atoms with Crippen LogP contribution in [0.1, 0.15) is 37.6 Å². The molecule has 1 aliphatic rings. The van der Waals surface area contributed by atoms with Gasteiger partial charge in [-0.15, -0.1) is 0 Å². The maximum Gasteiger partial charge on any atom is 0.260 e. The number of nitrogens with zero attached hydrogens (tertiary/aromatic N) is 2. The van der Waals surface area contributed by atoms with Crippen molar-refractivity contribution in [3.05, 3.63) is 23.5 Å². The van der Waals surface area contributed by atoms with Gasteiger partial charge in [0.05, 0.1) is 5.69 Å². The highest BCUT2D eigenvalue weighted by Gasteiger charge is 2.19. The quantitative estimate of drug-likeness (QED) is 0.865. The fourth-order valence-electron chi connectivity index (χ4n) is 2.47. The normalized spacial score (nSPS) is 16.0. The van der Waals surface area contributed by atoms with Crippen molar-refractivity contribution in [1.82, 2.24) is 9.88 Å². The Kier molecular flexibility index (Phi) is 5.56. The molecule has 1 atom stereocenters. The van der Waals surface area contributed by atoms with E-state index in [1.807, 2.05) is 24.0 Å². The van der Waals surface area contributed by atoms with Gasteiger partial charge in [-0.05, 0) is 38.3 Å². The van der Waals surface area contributed by atoms with E-state index in [9.17, 15) is 4.79 Å². The van der Waals surface area contributed by atoms with E-state index in [2.05, 4.69) is 11.9 Å². The number of nitrogens with two attached hydrogens (primary N) is 1. The molecule has 2 heterocycles. The Morgan fingerprint density at radius 2 is 2.14 bits per heavy atom. The summed E-state index contributed by atoms with van der Waals surface area (Å²) < 4.78 is 5.70. The van der Waals surface area contributed by atoms with Crippen molar-refractivity contribution in [2.24, 2.45) is 5.73 Å². The molecule has 0 saturated carbocycles. The maximum absolute atomic E-state index is 12.0. The van der Waals surface area contributed by atoms with Gasteiger partial charge >= 0.3 is 0 Å². The molecule has 1 aromatic rings. The summed E-state index contributed by atoms with van der Waals surface area (Å²) in [7, 11) is 0. The highest BCUT2D eigenvalue weighted by Crippen LogP contribution is 2.19. The number of aryl methyl sites for hydroxylation is 1. The average Bonchev–Trinajstić information content (AvgIpc) is 3.00. The Labute approximate surface area is 126 Å². The van der Waals surface area contributed by atoms with Crippen LogP contribution >= 0.6 is 0 Å². The second kappa shape index (κ2) is 7.41. The second-order valence-corrected chi connectivity index (χ2v) is 5.65. The SMILES string of the molecule is CCC(N)Cc1nc(C)ccc1OCC(=O)N1CCCC1. The molecule has 0 radical (unpaired) electrons. The van der Waals surface area contributed by atoms with E-state index in [-0.39, 0.29) is 18.6 Å². The van der Waals surface area contributed by atoms with Crippen LogP contribution in [0.5, 0.6) is 5.75 Å². The second-order valence-electron chi connectivity index (χ2n) is 5.65. The van der Waals surface area contributed by atoms with Crippen molar-refractivity contribution in [2.75, 3.05) is 19.7 Å². The fraction of sp³-hybridized carbons (Fsp3) is 0.625. The minimum atomic E-state index is 0.0545. The van der Waals surface area contributed by atoms with Gasteiger partial charge < -0.3 is 15.4 Å². The fourth-order valence-corrected chi connectivity index (χ4v) is 2.47. The summed E-state index contributed by atoms with van der Waals surface area (Å²) in [5.41, 5.74) is 7.79. The first-order valence-corrected chi connectivity index (χ1v) is 7.72. The van der Waals surface area contributed by atoms with Crippen LogP contribution in [-0.4, -0.2) is 41.5 Å².